The molecule has 0 radical (unpaired) electrons. The van der Waals surface area contributed by atoms with Crippen molar-refractivity contribution in [3.8, 4) is 11.5 Å². The van der Waals surface area contributed by atoms with Crippen LogP contribution in [-0.2, 0) is 25.7 Å². The van der Waals surface area contributed by atoms with E-state index in [1.807, 2.05) is 12.1 Å². The van der Waals surface area contributed by atoms with E-state index in [-0.39, 0.29) is 18.0 Å². The molecule has 1 saturated heterocycles. The number of fused-ring (bicyclic) bond motifs is 2. The molecule has 3 heterocycles. The number of rotatable bonds is 9. The molecular weight excluding hydrogens is 631 g/mol. The van der Waals surface area contributed by atoms with Gasteiger partial charge in [-0.15, -0.1) is 0 Å². The number of thiazole rings is 1. The van der Waals surface area contributed by atoms with E-state index in [0.717, 1.165) is 33.6 Å². The van der Waals surface area contributed by atoms with Gasteiger partial charge in [0.2, 0.25) is 17.7 Å². The first-order chi connectivity index (χ1) is 22.2. The van der Waals surface area contributed by atoms with Crippen molar-refractivity contribution in [3.05, 3.63) is 98.5 Å². The maximum absolute atomic E-state index is 14.1. The number of imide groups is 1. The Morgan fingerprint density at radius 2 is 1.48 bits per heavy atom. The normalized spacial score (nSPS) is 18.5. The predicted molar refractivity (Wildman–Crippen MR) is 173 cm³/mol. The molecule has 13 heteroatoms. The number of anilines is 2. The van der Waals surface area contributed by atoms with Crippen molar-refractivity contribution in [2.45, 2.75) is 29.7 Å². The van der Waals surface area contributed by atoms with Gasteiger partial charge in [0.05, 0.1) is 43.0 Å². The largest absolute Gasteiger partial charge is 0.497 e. The second-order valence-electron chi connectivity index (χ2n) is 10.5. The van der Waals surface area contributed by atoms with E-state index >= 15 is 0 Å². The summed E-state index contributed by atoms with van der Waals surface area (Å²) >= 11 is 2.09. The fraction of sp³-hybridized carbons (Fsp3) is 0.242. The summed E-state index contributed by atoms with van der Waals surface area (Å²) in [6.07, 6.45) is 0. The van der Waals surface area contributed by atoms with Crippen molar-refractivity contribution < 1.29 is 33.4 Å². The summed E-state index contributed by atoms with van der Waals surface area (Å²) in [7, 11) is 3.10. The molecule has 46 heavy (non-hydrogen) atoms. The Morgan fingerprint density at radius 1 is 0.848 bits per heavy atom. The number of carbonyl (C=O) groups is 4. The summed E-state index contributed by atoms with van der Waals surface area (Å²) in [5.74, 6) is -1.98. The molecule has 0 bridgehead atoms. The lowest BCUT2D eigenvalue weighted by Gasteiger charge is -2.30. The van der Waals surface area contributed by atoms with Crippen molar-refractivity contribution in [1.82, 2.24) is 4.57 Å². The lowest BCUT2D eigenvalue weighted by atomic mass is 9.83. The molecule has 2 unspecified atom stereocenters. The van der Waals surface area contributed by atoms with E-state index in [1.165, 1.54) is 16.7 Å². The summed E-state index contributed by atoms with van der Waals surface area (Å²) in [6, 6.07) is 20.1. The van der Waals surface area contributed by atoms with Gasteiger partial charge in [0.25, 0.3) is 0 Å². The Hall–Kier alpha value is -4.88. The van der Waals surface area contributed by atoms with E-state index in [9.17, 15) is 24.0 Å². The van der Waals surface area contributed by atoms with Gasteiger partial charge >= 0.3 is 10.8 Å². The molecule has 4 aromatic rings. The highest BCUT2D eigenvalue weighted by Crippen LogP contribution is 2.54. The third-order valence-electron chi connectivity index (χ3n) is 7.84. The van der Waals surface area contributed by atoms with Gasteiger partial charge in [-0.1, -0.05) is 35.2 Å². The Labute approximate surface area is 272 Å². The number of thioether (sulfide) groups is 1. The molecule has 2 aliphatic rings. The highest BCUT2D eigenvalue weighted by Gasteiger charge is 2.56. The third kappa shape index (κ3) is 5.67. The molecule has 0 spiro atoms. The molecule has 11 nitrogen and oxygen atoms in total. The number of amides is 3. The molecule has 3 aromatic carbocycles. The zero-order valence-electron chi connectivity index (χ0n) is 25.1. The van der Waals surface area contributed by atoms with Crippen LogP contribution < -0.4 is 24.6 Å². The fourth-order valence-corrected chi connectivity index (χ4v) is 8.43. The average molecular weight is 660 g/mol. The molecule has 3 amide bonds. The number of nitrogens with zero attached hydrogens (tertiary/aromatic N) is 2. The maximum Gasteiger partial charge on any atom is 0.338 e. The van der Waals surface area contributed by atoms with Crippen molar-refractivity contribution in [2.75, 3.05) is 31.0 Å². The molecule has 0 aliphatic carbocycles. The van der Waals surface area contributed by atoms with Gasteiger partial charge in [0, 0.05) is 16.5 Å². The number of aromatic nitrogens is 1. The van der Waals surface area contributed by atoms with Crippen LogP contribution in [0.15, 0.2) is 82.6 Å². The Balaban J connectivity index is 1.36. The standard InChI is InChI=1S/C33H29N3O8S2/c1-4-44-32(40)19-5-11-21(12-6-19)36-29(38)26-25(18-7-13-22(42-2)14-8-18)28-31(45-27(26)30(36)39)35(33(41)46-28)17-24(37)34-20-9-15-23(43-3)16-10-20/h5-16,25-27H,4,17H2,1-3H3,(H,34,37)/t25-,26?,27?/m1/s1. The minimum Gasteiger partial charge on any atom is -0.497 e. The predicted octanol–water partition coefficient (Wildman–Crippen LogP) is 4.54. The summed E-state index contributed by atoms with van der Waals surface area (Å²) in [6.45, 7) is 1.64. The van der Waals surface area contributed by atoms with Gasteiger partial charge in [-0.3, -0.25) is 23.7 Å². The summed E-state index contributed by atoms with van der Waals surface area (Å²) in [5, 5.41) is 2.41. The SMILES string of the molecule is CCOC(=O)c1ccc(N2C(=O)C3Sc4c(sc(=O)n4CC(=O)Nc4ccc(OC)cc4)[C@H](c4ccc(OC)cc4)C3C2=O)cc1. The van der Waals surface area contributed by atoms with Gasteiger partial charge in [-0.05, 0) is 73.2 Å². The maximum atomic E-state index is 14.1. The van der Waals surface area contributed by atoms with Gasteiger partial charge in [0.15, 0.2) is 0 Å². The van der Waals surface area contributed by atoms with Crippen LogP contribution >= 0.6 is 23.1 Å². The molecule has 1 aromatic heterocycles. The molecule has 1 fully saturated rings. The van der Waals surface area contributed by atoms with Crippen LogP contribution in [-0.4, -0.2) is 54.3 Å². The summed E-state index contributed by atoms with van der Waals surface area (Å²) in [5.41, 5.74) is 1.89. The van der Waals surface area contributed by atoms with Crippen LogP contribution in [0.5, 0.6) is 11.5 Å². The zero-order valence-corrected chi connectivity index (χ0v) is 26.7. The van der Waals surface area contributed by atoms with Crippen LogP contribution in [0.25, 0.3) is 0 Å². The highest BCUT2D eigenvalue weighted by molar-refractivity contribution is 8.00. The van der Waals surface area contributed by atoms with Crippen LogP contribution in [0.2, 0.25) is 0 Å². The average Bonchev–Trinajstić information content (AvgIpc) is 3.51. The van der Waals surface area contributed by atoms with Crippen molar-refractivity contribution >= 4 is 58.2 Å². The number of hydrogen-bond acceptors (Lipinski definition) is 10. The van der Waals surface area contributed by atoms with Crippen molar-refractivity contribution in [1.29, 1.82) is 0 Å². The Kier molecular flexibility index (Phi) is 8.69. The zero-order chi connectivity index (χ0) is 32.5. The number of hydrogen-bond donors (Lipinski definition) is 1. The van der Waals surface area contributed by atoms with Crippen LogP contribution in [0.3, 0.4) is 0 Å². The number of benzene rings is 3. The monoisotopic (exact) mass is 659 g/mol. The van der Waals surface area contributed by atoms with Gasteiger partial charge in [-0.25, -0.2) is 9.69 Å². The van der Waals surface area contributed by atoms with Gasteiger partial charge in [0.1, 0.15) is 23.3 Å². The fourth-order valence-electron chi connectivity index (χ4n) is 5.66. The molecule has 3 atom stereocenters. The van der Waals surface area contributed by atoms with Crippen LogP contribution in [0.1, 0.15) is 33.6 Å². The van der Waals surface area contributed by atoms with E-state index in [4.69, 9.17) is 14.2 Å². The van der Waals surface area contributed by atoms with Crippen molar-refractivity contribution in [3.63, 3.8) is 0 Å². The molecule has 236 valence electrons. The Morgan fingerprint density at radius 3 is 2.09 bits per heavy atom. The second kappa shape index (κ2) is 12.9. The second-order valence-corrected chi connectivity index (χ2v) is 12.6. The lowest BCUT2D eigenvalue weighted by molar-refractivity contribution is -0.122. The Bertz CT molecular complexity index is 1870. The smallest absolute Gasteiger partial charge is 0.338 e. The van der Waals surface area contributed by atoms with Gasteiger partial charge < -0.3 is 19.5 Å². The van der Waals surface area contributed by atoms with Crippen LogP contribution in [0, 0.1) is 5.92 Å². The molecule has 6 rings (SSSR count). The number of esters is 1. The first kappa shape index (κ1) is 31.1. The number of carbonyl (C=O) groups excluding carboxylic acids is 4. The first-order valence-electron chi connectivity index (χ1n) is 14.4. The number of nitrogens with one attached hydrogen (secondary N) is 1. The van der Waals surface area contributed by atoms with Gasteiger partial charge in [-0.2, -0.15) is 0 Å². The van der Waals surface area contributed by atoms with E-state index in [1.54, 1.807) is 69.7 Å². The molecule has 1 N–H and O–H groups in total. The molecule has 0 saturated carbocycles. The number of ether oxygens (including phenoxy) is 3. The summed E-state index contributed by atoms with van der Waals surface area (Å²) in [4.78, 5) is 68.2. The van der Waals surface area contributed by atoms with E-state index < -0.39 is 40.8 Å². The topological polar surface area (TPSA) is 133 Å². The van der Waals surface area contributed by atoms with Crippen LogP contribution in [0.4, 0.5) is 11.4 Å². The van der Waals surface area contributed by atoms with E-state index in [0.29, 0.717) is 38.3 Å². The van der Waals surface area contributed by atoms with E-state index in [2.05, 4.69) is 5.32 Å². The van der Waals surface area contributed by atoms with Crippen molar-refractivity contribution in [2.24, 2.45) is 5.92 Å². The molecular formula is C33H29N3O8S2. The quantitative estimate of drug-likeness (QED) is 0.203. The third-order valence-corrected chi connectivity index (χ3v) is 10.4. The highest BCUT2D eigenvalue weighted by atomic mass is 32.2. The first-order valence-corrected chi connectivity index (χ1v) is 16.1. The summed E-state index contributed by atoms with van der Waals surface area (Å²) < 4.78 is 16.9. The lowest BCUT2D eigenvalue weighted by Crippen LogP contribution is -2.33. The molecule has 2 aliphatic heterocycles. The number of methoxy groups -OCH3 is 2. The minimum absolute atomic E-state index is 0.218. The minimum atomic E-state index is -0.860.